The molecular formula is C18H25NO3. The molecule has 1 amide bonds. The Morgan fingerprint density at radius 3 is 2.86 bits per heavy atom. The molecule has 0 saturated heterocycles. The van der Waals surface area contributed by atoms with Crippen LogP contribution in [0.15, 0.2) is 24.3 Å². The maximum Gasteiger partial charge on any atom is 0.220 e. The van der Waals surface area contributed by atoms with Crippen LogP contribution in [0.2, 0.25) is 0 Å². The lowest BCUT2D eigenvalue weighted by atomic mass is 9.84. The minimum Gasteiger partial charge on any atom is -0.493 e. The van der Waals surface area contributed by atoms with Crippen LogP contribution < -0.4 is 10.1 Å². The molecule has 1 saturated carbocycles. The van der Waals surface area contributed by atoms with E-state index in [-0.39, 0.29) is 11.8 Å². The Morgan fingerprint density at radius 2 is 2.05 bits per heavy atom. The minimum atomic E-state index is -0.693. The van der Waals surface area contributed by atoms with E-state index in [1.54, 1.807) is 0 Å². The summed E-state index contributed by atoms with van der Waals surface area (Å²) >= 11 is 0. The highest BCUT2D eigenvalue weighted by Crippen LogP contribution is 2.35. The molecule has 22 heavy (non-hydrogen) atoms. The first-order valence-electron chi connectivity index (χ1n) is 8.37. The number of aliphatic hydroxyl groups is 1. The van der Waals surface area contributed by atoms with Gasteiger partial charge in [0.1, 0.15) is 5.75 Å². The molecule has 0 spiro atoms. The van der Waals surface area contributed by atoms with Crippen molar-refractivity contribution in [2.24, 2.45) is 0 Å². The van der Waals surface area contributed by atoms with Crippen molar-refractivity contribution in [1.82, 2.24) is 5.32 Å². The lowest BCUT2D eigenvalue weighted by Crippen LogP contribution is -2.44. The van der Waals surface area contributed by atoms with Gasteiger partial charge in [-0.15, -0.1) is 0 Å². The van der Waals surface area contributed by atoms with Gasteiger partial charge in [0.15, 0.2) is 0 Å². The largest absolute Gasteiger partial charge is 0.493 e. The SMILES string of the molecule is O=C(C[C@@H]1CCOc2ccccc21)NCC1(O)CCCCC1. The fourth-order valence-corrected chi connectivity index (χ4v) is 3.57. The van der Waals surface area contributed by atoms with Crippen molar-refractivity contribution in [3.8, 4) is 5.75 Å². The van der Waals surface area contributed by atoms with E-state index in [0.29, 0.717) is 19.6 Å². The molecule has 0 aromatic heterocycles. The zero-order valence-corrected chi connectivity index (χ0v) is 13.0. The number of fused-ring (bicyclic) bond motifs is 1. The first kappa shape index (κ1) is 15.3. The molecule has 1 aliphatic carbocycles. The summed E-state index contributed by atoms with van der Waals surface area (Å²) in [6.07, 6.45) is 6.24. The second-order valence-corrected chi connectivity index (χ2v) is 6.64. The average Bonchev–Trinajstić information content (AvgIpc) is 2.54. The molecule has 4 nitrogen and oxygen atoms in total. The summed E-state index contributed by atoms with van der Waals surface area (Å²) < 4.78 is 5.63. The Morgan fingerprint density at radius 1 is 1.27 bits per heavy atom. The van der Waals surface area contributed by atoms with Crippen LogP contribution in [0.25, 0.3) is 0 Å². The van der Waals surface area contributed by atoms with E-state index in [0.717, 1.165) is 43.4 Å². The predicted molar refractivity (Wildman–Crippen MR) is 85.0 cm³/mol. The minimum absolute atomic E-state index is 0.0284. The summed E-state index contributed by atoms with van der Waals surface area (Å²) in [4.78, 5) is 12.2. The molecule has 0 bridgehead atoms. The van der Waals surface area contributed by atoms with Crippen molar-refractivity contribution in [2.45, 2.75) is 56.5 Å². The molecule has 4 heteroatoms. The fourth-order valence-electron chi connectivity index (χ4n) is 3.57. The van der Waals surface area contributed by atoms with Crippen molar-refractivity contribution in [3.63, 3.8) is 0 Å². The highest BCUT2D eigenvalue weighted by atomic mass is 16.5. The summed E-state index contributed by atoms with van der Waals surface area (Å²) in [6, 6.07) is 7.95. The molecule has 1 heterocycles. The summed E-state index contributed by atoms with van der Waals surface area (Å²) in [5.41, 5.74) is 0.432. The third-order valence-electron chi connectivity index (χ3n) is 4.91. The number of ether oxygens (including phenoxy) is 1. The van der Waals surface area contributed by atoms with Crippen molar-refractivity contribution in [3.05, 3.63) is 29.8 Å². The van der Waals surface area contributed by atoms with Crippen molar-refractivity contribution in [1.29, 1.82) is 0 Å². The van der Waals surface area contributed by atoms with E-state index in [9.17, 15) is 9.90 Å². The van der Waals surface area contributed by atoms with Gasteiger partial charge in [0.25, 0.3) is 0 Å². The van der Waals surface area contributed by atoms with Crippen molar-refractivity contribution in [2.75, 3.05) is 13.2 Å². The average molecular weight is 303 g/mol. The molecule has 1 fully saturated rings. The number of carbonyl (C=O) groups excluding carboxylic acids is 1. The van der Waals surface area contributed by atoms with Crippen LogP contribution in [0.1, 0.15) is 56.4 Å². The topological polar surface area (TPSA) is 58.6 Å². The summed E-state index contributed by atoms with van der Waals surface area (Å²) in [5, 5.41) is 13.4. The van der Waals surface area contributed by atoms with Gasteiger partial charge in [0.2, 0.25) is 5.91 Å². The highest BCUT2D eigenvalue weighted by Gasteiger charge is 2.30. The molecule has 120 valence electrons. The molecule has 0 unspecified atom stereocenters. The quantitative estimate of drug-likeness (QED) is 0.899. The lowest BCUT2D eigenvalue weighted by molar-refractivity contribution is -0.123. The summed E-state index contributed by atoms with van der Waals surface area (Å²) in [7, 11) is 0. The molecule has 2 N–H and O–H groups in total. The second-order valence-electron chi connectivity index (χ2n) is 6.64. The van der Waals surface area contributed by atoms with Crippen LogP contribution in [0, 0.1) is 0 Å². The van der Waals surface area contributed by atoms with Gasteiger partial charge < -0.3 is 15.2 Å². The fraction of sp³-hybridized carbons (Fsp3) is 0.611. The van der Waals surface area contributed by atoms with Crippen molar-refractivity contribution >= 4 is 5.91 Å². The smallest absolute Gasteiger partial charge is 0.220 e. The van der Waals surface area contributed by atoms with E-state index < -0.39 is 5.60 Å². The van der Waals surface area contributed by atoms with Crippen LogP contribution in [0.4, 0.5) is 0 Å². The third kappa shape index (κ3) is 3.61. The third-order valence-corrected chi connectivity index (χ3v) is 4.91. The maximum atomic E-state index is 12.2. The number of benzene rings is 1. The zero-order valence-electron chi connectivity index (χ0n) is 13.0. The van der Waals surface area contributed by atoms with Gasteiger partial charge in [-0.25, -0.2) is 0 Å². The second kappa shape index (κ2) is 6.69. The van der Waals surface area contributed by atoms with Gasteiger partial charge in [-0.05, 0) is 36.8 Å². The Labute approximate surface area is 131 Å². The number of hydrogen-bond acceptors (Lipinski definition) is 3. The Hall–Kier alpha value is -1.55. The standard InChI is InChI=1S/C18H25NO3/c20-17(19-13-18(21)9-4-1-5-10-18)12-14-8-11-22-16-7-3-2-6-15(14)16/h2-3,6-7,14,21H,1,4-5,8-13H2,(H,19,20)/t14-/m0/s1. The predicted octanol–water partition coefficient (Wildman–Crippen LogP) is 2.75. The molecule has 0 radical (unpaired) electrons. The van der Waals surface area contributed by atoms with Gasteiger partial charge in [-0.1, -0.05) is 37.5 Å². The van der Waals surface area contributed by atoms with E-state index in [4.69, 9.17) is 4.74 Å². The number of para-hydroxylation sites is 1. The Bertz CT molecular complexity index is 523. The van der Waals surface area contributed by atoms with Crippen LogP contribution in [-0.4, -0.2) is 29.8 Å². The number of rotatable bonds is 4. The van der Waals surface area contributed by atoms with E-state index >= 15 is 0 Å². The van der Waals surface area contributed by atoms with Gasteiger partial charge in [-0.2, -0.15) is 0 Å². The van der Waals surface area contributed by atoms with Crippen LogP contribution in [0.5, 0.6) is 5.75 Å². The van der Waals surface area contributed by atoms with Crippen LogP contribution in [0.3, 0.4) is 0 Å². The molecule has 1 atom stereocenters. The van der Waals surface area contributed by atoms with Gasteiger partial charge in [0, 0.05) is 13.0 Å². The zero-order chi connectivity index (χ0) is 15.4. The summed E-state index contributed by atoms with van der Waals surface area (Å²) in [5.74, 6) is 1.14. The number of carbonyl (C=O) groups is 1. The van der Waals surface area contributed by atoms with Gasteiger partial charge >= 0.3 is 0 Å². The number of amides is 1. The number of nitrogens with one attached hydrogen (secondary N) is 1. The molecule has 1 aromatic carbocycles. The first-order chi connectivity index (χ1) is 10.7. The van der Waals surface area contributed by atoms with Gasteiger partial charge in [-0.3, -0.25) is 4.79 Å². The Balaban J connectivity index is 1.54. The normalized spacial score (nSPS) is 23.2. The molecular weight excluding hydrogens is 278 g/mol. The monoisotopic (exact) mass is 303 g/mol. The van der Waals surface area contributed by atoms with Crippen LogP contribution in [-0.2, 0) is 4.79 Å². The molecule has 1 aromatic rings. The lowest BCUT2D eigenvalue weighted by Gasteiger charge is -2.32. The van der Waals surface area contributed by atoms with E-state index in [2.05, 4.69) is 5.32 Å². The first-order valence-corrected chi connectivity index (χ1v) is 8.37. The summed E-state index contributed by atoms with van der Waals surface area (Å²) in [6.45, 7) is 1.05. The van der Waals surface area contributed by atoms with E-state index in [1.165, 1.54) is 6.42 Å². The van der Waals surface area contributed by atoms with Crippen molar-refractivity contribution < 1.29 is 14.6 Å². The molecule has 3 rings (SSSR count). The molecule has 2 aliphatic rings. The van der Waals surface area contributed by atoms with Crippen LogP contribution >= 0.6 is 0 Å². The Kier molecular flexibility index (Phi) is 4.67. The number of hydrogen-bond donors (Lipinski definition) is 2. The maximum absolute atomic E-state index is 12.2. The highest BCUT2D eigenvalue weighted by molar-refractivity contribution is 5.77. The molecule has 1 aliphatic heterocycles. The van der Waals surface area contributed by atoms with E-state index in [1.807, 2.05) is 24.3 Å². The van der Waals surface area contributed by atoms with Gasteiger partial charge in [0.05, 0.1) is 12.2 Å².